The number of phenols is 1. The van der Waals surface area contributed by atoms with E-state index in [2.05, 4.69) is 20.3 Å². The summed E-state index contributed by atoms with van der Waals surface area (Å²) < 4.78 is 10.7. The fourth-order valence-corrected chi connectivity index (χ4v) is 4.01. The summed E-state index contributed by atoms with van der Waals surface area (Å²) in [6, 6.07) is 4.14. The predicted molar refractivity (Wildman–Crippen MR) is 132 cm³/mol. The summed E-state index contributed by atoms with van der Waals surface area (Å²) in [4.78, 5) is 38.6. The predicted octanol–water partition coefficient (Wildman–Crippen LogP) is 4.27. The molecule has 2 N–H and O–H groups in total. The lowest BCUT2D eigenvalue weighted by Crippen LogP contribution is -2.42. The number of nitrogens with one attached hydrogen (secondary N) is 1. The van der Waals surface area contributed by atoms with Crippen molar-refractivity contribution >= 4 is 28.3 Å². The summed E-state index contributed by atoms with van der Waals surface area (Å²) in [7, 11) is 0. The number of thiazole rings is 1. The fourth-order valence-electron chi connectivity index (χ4n) is 3.32. The van der Waals surface area contributed by atoms with E-state index in [0.717, 1.165) is 38.4 Å². The molecule has 2 aliphatic heterocycles. The maximum atomic E-state index is 12.4. The van der Waals surface area contributed by atoms with Crippen molar-refractivity contribution in [3.05, 3.63) is 52.9 Å². The lowest BCUT2D eigenvalue weighted by Gasteiger charge is -2.30. The van der Waals surface area contributed by atoms with Gasteiger partial charge in [-0.05, 0) is 44.7 Å². The zero-order chi connectivity index (χ0) is 24.6. The molecule has 2 aliphatic rings. The van der Waals surface area contributed by atoms with E-state index < -0.39 is 5.91 Å². The van der Waals surface area contributed by atoms with Gasteiger partial charge in [0.05, 0.1) is 18.1 Å². The Balaban J connectivity index is 0.000000453. The van der Waals surface area contributed by atoms with E-state index in [1.807, 2.05) is 12.3 Å². The Kier molecular flexibility index (Phi) is 8.22. The van der Waals surface area contributed by atoms with Crippen LogP contribution in [0.1, 0.15) is 53.7 Å². The van der Waals surface area contributed by atoms with Crippen LogP contribution in [-0.4, -0.2) is 63.1 Å². The third-order valence-corrected chi connectivity index (χ3v) is 6.16. The van der Waals surface area contributed by atoms with Gasteiger partial charge in [0.15, 0.2) is 5.13 Å². The number of aromatic hydroxyl groups is 1. The number of benzene rings is 1. The number of aryl methyl sites for hydroxylation is 1. The molecule has 2 saturated heterocycles. The Hall–Kier alpha value is -3.57. The standard InChI is InChI=1S/C19H17N5O4S.C5H10O.H2/c1-11-10-29-19(22-11)23-17(26)12-5-13(25)7-14(6-12)28-16-9-20-15(8-21-16)18(27)24-3-2-4-24;1-2-4-6-5-3-1;/h5-10,25H,2-4H2,1H3,(H,22,23,26);1-5H2;1H. The number of phenolic OH excluding ortho intramolecular Hbond substituents is 1. The molecule has 0 spiro atoms. The molecule has 11 heteroatoms. The van der Waals surface area contributed by atoms with Crippen LogP contribution >= 0.6 is 11.3 Å². The van der Waals surface area contributed by atoms with Crippen molar-refractivity contribution in [3.63, 3.8) is 0 Å². The molecule has 2 amide bonds. The van der Waals surface area contributed by atoms with Crippen LogP contribution in [0.4, 0.5) is 5.13 Å². The summed E-state index contributed by atoms with van der Waals surface area (Å²) in [5.74, 6) is -0.384. The van der Waals surface area contributed by atoms with Gasteiger partial charge in [0.2, 0.25) is 5.88 Å². The van der Waals surface area contributed by atoms with Gasteiger partial charge in [-0.1, -0.05) is 0 Å². The summed E-state index contributed by atoms with van der Waals surface area (Å²) in [6.07, 6.45) is 7.60. The Labute approximate surface area is 208 Å². The minimum atomic E-state index is -0.429. The summed E-state index contributed by atoms with van der Waals surface area (Å²) in [5.41, 5.74) is 1.25. The zero-order valence-electron chi connectivity index (χ0n) is 19.4. The van der Waals surface area contributed by atoms with Crippen molar-refractivity contribution in [1.29, 1.82) is 0 Å². The van der Waals surface area contributed by atoms with E-state index in [1.165, 1.54) is 61.2 Å². The molecule has 5 rings (SSSR count). The Morgan fingerprint density at radius 1 is 1.11 bits per heavy atom. The van der Waals surface area contributed by atoms with Gasteiger partial charge in [0, 0.05) is 44.7 Å². The number of ether oxygens (including phenoxy) is 2. The molecule has 186 valence electrons. The van der Waals surface area contributed by atoms with Crippen molar-refractivity contribution in [2.45, 2.75) is 32.6 Å². The average molecular weight is 500 g/mol. The molecular formula is C24H29N5O5S. The van der Waals surface area contributed by atoms with Crippen LogP contribution in [0, 0.1) is 6.92 Å². The number of amides is 2. The number of aromatic nitrogens is 3. The van der Waals surface area contributed by atoms with E-state index in [9.17, 15) is 14.7 Å². The van der Waals surface area contributed by atoms with Gasteiger partial charge in [-0.3, -0.25) is 14.9 Å². The highest BCUT2D eigenvalue weighted by Gasteiger charge is 2.23. The number of anilines is 1. The smallest absolute Gasteiger partial charge is 0.274 e. The van der Waals surface area contributed by atoms with Crippen LogP contribution in [0.2, 0.25) is 0 Å². The van der Waals surface area contributed by atoms with Gasteiger partial charge >= 0.3 is 0 Å². The second-order valence-electron chi connectivity index (χ2n) is 8.12. The number of carbonyl (C=O) groups excluding carboxylic acids is 2. The molecule has 0 radical (unpaired) electrons. The summed E-state index contributed by atoms with van der Waals surface area (Å²) in [5, 5.41) is 14.9. The molecule has 0 bridgehead atoms. The molecule has 4 heterocycles. The monoisotopic (exact) mass is 499 g/mol. The highest BCUT2D eigenvalue weighted by Crippen LogP contribution is 2.26. The van der Waals surface area contributed by atoms with Crippen LogP contribution in [0.5, 0.6) is 17.4 Å². The minimum absolute atomic E-state index is 0. The van der Waals surface area contributed by atoms with Crippen molar-refractivity contribution in [2.75, 3.05) is 31.6 Å². The highest BCUT2D eigenvalue weighted by atomic mass is 32.1. The van der Waals surface area contributed by atoms with Crippen molar-refractivity contribution in [3.8, 4) is 17.4 Å². The van der Waals surface area contributed by atoms with Gasteiger partial charge in [0.1, 0.15) is 17.2 Å². The minimum Gasteiger partial charge on any atom is -0.508 e. The van der Waals surface area contributed by atoms with Gasteiger partial charge < -0.3 is 19.5 Å². The number of hydrogen-bond donors (Lipinski definition) is 2. The second-order valence-corrected chi connectivity index (χ2v) is 8.98. The Morgan fingerprint density at radius 2 is 1.91 bits per heavy atom. The van der Waals surface area contributed by atoms with E-state index in [0.29, 0.717) is 5.13 Å². The van der Waals surface area contributed by atoms with Crippen LogP contribution in [0.15, 0.2) is 36.0 Å². The molecule has 0 aliphatic carbocycles. The van der Waals surface area contributed by atoms with Gasteiger partial charge in [0.25, 0.3) is 11.8 Å². The first-order valence-electron chi connectivity index (χ1n) is 11.4. The molecule has 2 fully saturated rings. The molecule has 1 aromatic carbocycles. The SMILES string of the molecule is C1CCOCC1.Cc1csc(NC(=O)c2cc(O)cc(Oc3cnc(C(=O)N4CCC4)cn3)c2)n1.[HH]. The van der Waals surface area contributed by atoms with Crippen LogP contribution in [-0.2, 0) is 4.74 Å². The first-order valence-corrected chi connectivity index (χ1v) is 12.3. The Morgan fingerprint density at radius 3 is 2.46 bits per heavy atom. The lowest BCUT2D eigenvalue weighted by atomic mass is 10.2. The topological polar surface area (TPSA) is 127 Å². The van der Waals surface area contributed by atoms with Gasteiger partial charge in [-0.25, -0.2) is 15.0 Å². The maximum Gasteiger partial charge on any atom is 0.274 e. The second kappa shape index (κ2) is 11.7. The fraction of sp³-hybridized carbons (Fsp3) is 0.375. The van der Waals surface area contributed by atoms with E-state index >= 15 is 0 Å². The third-order valence-electron chi connectivity index (χ3n) is 5.28. The number of carbonyl (C=O) groups is 2. The molecule has 0 unspecified atom stereocenters. The first kappa shape index (κ1) is 24.6. The summed E-state index contributed by atoms with van der Waals surface area (Å²) in [6.45, 7) is 5.29. The largest absolute Gasteiger partial charge is 0.508 e. The van der Waals surface area contributed by atoms with E-state index in [-0.39, 0.29) is 36.0 Å². The Bertz CT molecular complexity index is 1150. The summed E-state index contributed by atoms with van der Waals surface area (Å²) >= 11 is 1.31. The normalized spacial score (nSPS) is 14.8. The van der Waals surface area contributed by atoms with E-state index in [1.54, 1.807) is 4.90 Å². The number of nitrogens with zero attached hydrogens (tertiary/aromatic N) is 4. The van der Waals surface area contributed by atoms with Crippen LogP contribution in [0.25, 0.3) is 0 Å². The van der Waals surface area contributed by atoms with Crippen LogP contribution < -0.4 is 10.1 Å². The number of hydrogen-bond acceptors (Lipinski definition) is 9. The first-order chi connectivity index (χ1) is 17.0. The molecule has 0 saturated carbocycles. The highest BCUT2D eigenvalue weighted by molar-refractivity contribution is 7.13. The van der Waals surface area contributed by atoms with Crippen molar-refractivity contribution < 1.29 is 25.6 Å². The molecule has 3 aromatic rings. The van der Waals surface area contributed by atoms with Gasteiger partial charge in [-0.15, -0.1) is 11.3 Å². The lowest BCUT2D eigenvalue weighted by molar-refractivity contribution is 0.0645. The molecule has 0 atom stereocenters. The molecule has 35 heavy (non-hydrogen) atoms. The number of likely N-dealkylation sites (tertiary alicyclic amines) is 1. The maximum absolute atomic E-state index is 12.4. The molecule has 2 aromatic heterocycles. The van der Waals surface area contributed by atoms with Gasteiger partial charge in [-0.2, -0.15) is 0 Å². The third kappa shape index (κ3) is 6.96. The van der Waals surface area contributed by atoms with Crippen molar-refractivity contribution in [2.24, 2.45) is 0 Å². The van der Waals surface area contributed by atoms with E-state index in [4.69, 9.17) is 9.47 Å². The average Bonchev–Trinajstić information content (AvgIpc) is 3.24. The zero-order valence-corrected chi connectivity index (χ0v) is 20.2. The molecule has 10 nitrogen and oxygen atoms in total. The quantitative estimate of drug-likeness (QED) is 0.533. The van der Waals surface area contributed by atoms with Crippen LogP contribution in [0.3, 0.4) is 0 Å². The molecular weight excluding hydrogens is 470 g/mol. The number of rotatable bonds is 5. The van der Waals surface area contributed by atoms with Crippen molar-refractivity contribution in [1.82, 2.24) is 19.9 Å².